The Morgan fingerprint density at radius 3 is 2.66 bits per heavy atom. The number of benzene rings is 2. The van der Waals surface area contributed by atoms with Crippen molar-refractivity contribution in [1.82, 2.24) is 25.1 Å². The van der Waals surface area contributed by atoms with Gasteiger partial charge in [-0.3, -0.25) is 0 Å². The van der Waals surface area contributed by atoms with Gasteiger partial charge in [0.15, 0.2) is 0 Å². The molecule has 3 aliphatic rings. The van der Waals surface area contributed by atoms with Gasteiger partial charge >= 0.3 is 6.01 Å². The Hall–Kier alpha value is -3.50. The Bertz CT molecular complexity index is 1530. The van der Waals surface area contributed by atoms with Gasteiger partial charge in [-0.25, -0.2) is 0 Å². The second-order valence-electron chi connectivity index (χ2n) is 12.1. The molecule has 1 N–H and O–H groups in total. The summed E-state index contributed by atoms with van der Waals surface area (Å²) in [4.78, 5) is 17.0. The summed E-state index contributed by atoms with van der Waals surface area (Å²) in [6, 6.07) is 14.1. The number of nitrogens with zero attached hydrogens (tertiary/aromatic N) is 7. The summed E-state index contributed by atoms with van der Waals surface area (Å²) in [6.45, 7) is 7.36. The molecule has 0 radical (unpaired) electrons. The van der Waals surface area contributed by atoms with Crippen molar-refractivity contribution in [3.05, 3.63) is 58.7 Å². The molecule has 4 heterocycles. The van der Waals surface area contributed by atoms with Crippen LogP contribution in [0.5, 0.6) is 6.01 Å². The molecule has 2 aliphatic heterocycles. The van der Waals surface area contributed by atoms with Crippen molar-refractivity contribution >= 4 is 38.7 Å². The fourth-order valence-corrected chi connectivity index (χ4v) is 6.97. The van der Waals surface area contributed by atoms with Gasteiger partial charge in [0.2, 0.25) is 5.13 Å². The average Bonchev–Trinajstić information content (AvgIpc) is 3.49. The monoisotopic (exact) mass is 570 g/mol. The van der Waals surface area contributed by atoms with Gasteiger partial charge in [0.05, 0.1) is 24.9 Å². The molecule has 0 bridgehead atoms. The molecule has 9 nitrogen and oxygen atoms in total. The molecule has 2 aromatic heterocycles. The minimum absolute atomic E-state index is 0.220. The third-order valence-electron chi connectivity index (χ3n) is 8.69. The number of anilines is 3. The first-order valence-electron chi connectivity index (χ1n) is 14.7. The van der Waals surface area contributed by atoms with E-state index < -0.39 is 0 Å². The number of nitrogens with one attached hydrogen (secondary N) is 1. The first-order valence-corrected chi connectivity index (χ1v) is 15.6. The highest BCUT2D eigenvalue weighted by Gasteiger charge is 2.44. The second kappa shape index (κ2) is 10.7. The number of fused-ring (bicyclic) bond motifs is 2. The first-order chi connectivity index (χ1) is 20.0. The van der Waals surface area contributed by atoms with Gasteiger partial charge < -0.3 is 24.8 Å². The Kier molecular flexibility index (Phi) is 6.90. The number of hydrogen-bond acceptors (Lipinski definition) is 10. The predicted molar refractivity (Wildman–Crippen MR) is 165 cm³/mol. The lowest BCUT2D eigenvalue weighted by molar-refractivity contribution is 0.182. The molecule has 1 aliphatic carbocycles. The number of ether oxygens (including phenoxy) is 1. The minimum atomic E-state index is 0.220. The maximum absolute atomic E-state index is 6.37. The lowest BCUT2D eigenvalue weighted by atomic mass is 9.98. The van der Waals surface area contributed by atoms with Crippen LogP contribution < -0.4 is 19.9 Å². The lowest BCUT2D eigenvalue weighted by Crippen LogP contribution is -2.55. The number of aromatic nitrogens is 4. The number of aryl methyl sites for hydroxylation is 1. The predicted octanol–water partition coefficient (Wildman–Crippen LogP) is 4.63. The molecule has 1 saturated carbocycles. The molecular weight excluding hydrogens is 532 g/mol. The fraction of sp³-hybridized carbons (Fsp3) is 0.484. The van der Waals surface area contributed by atoms with Crippen molar-refractivity contribution in [1.29, 1.82) is 0 Å². The van der Waals surface area contributed by atoms with Crippen LogP contribution in [0.2, 0.25) is 0 Å². The summed E-state index contributed by atoms with van der Waals surface area (Å²) >= 11 is 1.58. The SMILES string of the molecule is CCc1cccc2cccc(N3CCc4c(nc(OCC5(CN(C)C)CC5)nc4NC4CN(c5nncs5)C4)C3)c12. The Morgan fingerprint density at radius 1 is 1.10 bits per heavy atom. The van der Waals surface area contributed by atoms with Crippen LogP contribution in [-0.2, 0) is 19.4 Å². The molecule has 41 heavy (non-hydrogen) atoms. The summed E-state index contributed by atoms with van der Waals surface area (Å²) in [5.74, 6) is 0.927. The fourth-order valence-electron chi connectivity index (χ4n) is 6.39. The van der Waals surface area contributed by atoms with Gasteiger partial charge in [-0.2, -0.15) is 9.97 Å². The van der Waals surface area contributed by atoms with Crippen LogP contribution in [0.3, 0.4) is 0 Å². The molecule has 214 valence electrons. The van der Waals surface area contributed by atoms with Crippen LogP contribution in [0.1, 0.15) is 36.6 Å². The normalized spacial score (nSPS) is 18.0. The Morgan fingerprint density at radius 2 is 1.93 bits per heavy atom. The van der Waals surface area contributed by atoms with Crippen molar-refractivity contribution in [2.75, 3.05) is 62.0 Å². The van der Waals surface area contributed by atoms with Crippen LogP contribution in [0.4, 0.5) is 16.6 Å². The number of rotatable bonds is 10. The summed E-state index contributed by atoms with van der Waals surface area (Å²) in [7, 11) is 4.26. The van der Waals surface area contributed by atoms with Gasteiger partial charge in [-0.05, 0) is 56.8 Å². The van der Waals surface area contributed by atoms with Crippen LogP contribution in [0, 0.1) is 5.41 Å². The topological polar surface area (TPSA) is 82.5 Å². The van der Waals surface area contributed by atoms with Crippen molar-refractivity contribution < 1.29 is 4.74 Å². The third-order valence-corrected chi connectivity index (χ3v) is 9.44. The molecule has 1 saturated heterocycles. The van der Waals surface area contributed by atoms with E-state index in [1.165, 1.54) is 40.4 Å². The van der Waals surface area contributed by atoms with Gasteiger partial charge in [-0.15, -0.1) is 10.2 Å². The Balaban J connectivity index is 1.16. The first kappa shape index (κ1) is 26.4. The van der Waals surface area contributed by atoms with E-state index in [9.17, 15) is 0 Å². The molecule has 0 spiro atoms. The smallest absolute Gasteiger partial charge is 0.318 e. The van der Waals surface area contributed by atoms with E-state index in [-0.39, 0.29) is 5.41 Å². The maximum atomic E-state index is 6.37. The molecule has 7 rings (SSSR count). The molecule has 2 aromatic carbocycles. The van der Waals surface area contributed by atoms with Crippen LogP contribution in [0.25, 0.3) is 10.8 Å². The van der Waals surface area contributed by atoms with E-state index in [0.29, 0.717) is 18.7 Å². The molecule has 0 unspecified atom stereocenters. The summed E-state index contributed by atoms with van der Waals surface area (Å²) in [6.07, 6.45) is 4.29. The lowest BCUT2D eigenvalue weighted by Gasteiger charge is -2.40. The summed E-state index contributed by atoms with van der Waals surface area (Å²) < 4.78 is 6.37. The van der Waals surface area contributed by atoms with Crippen molar-refractivity contribution in [2.24, 2.45) is 5.41 Å². The number of hydrogen-bond donors (Lipinski definition) is 1. The highest BCUT2D eigenvalue weighted by Crippen LogP contribution is 2.46. The Labute approximate surface area is 245 Å². The van der Waals surface area contributed by atoms with E-state index in [1.54, 1.807) is 16.8 Å². The van der Waals surface area contributed by atoms with Crippen molar-refractivity contribution in [3.8, 4) is 6.01 Å². The minimum Gasteiger partial charge on any atom is -0.463 e. The van der Waals surface area contributed by atoms with Gasteiger partial charge in [0, 0.05) is 48.2 Å². The van der Waals surface area contributed by atoms with Crippen LogP contribution in [-0.4, -0.2) is 78.0 Å². The van der Waals surface area contributed by atoms with Gasteiger partial charge in [-0.1, -0.05) is 48.6 Å². The second-order valence-corrected chi connectivity index (χ2v) is 12.9. The van der Waals surface area contributed by atoms with E-state index in [0.717, 1.165) is 62.2 Å². The van der Waals surface area contributed by atoms with E-state index in [2.05, 4.69) is 87.6 Å². The molecule has 10 heteroatoms. The van der Waals surface area contributed by atoms with Gasteiger partial charge in [0.1, 0.15) is 11.3 Å². The van der Waals surface area contributed by atoms with Crippen LogP contribution in [0.15, 0.2) is 41.9 Å². The summed E-state index contributed by atoms with van der Waals surface area (Å²) in [5, 5.41) is 15.6. The molecule has 0 amide bonds. The van der Waals surface area contributed by atoms with E-state index in [4.69, 9.17) is 14.7 Å². The zero-order valence-electron chi connectivity index (χ0n) is 24.1. The largest absolute Gasteiger partial charge is 0.463 e. The standard InChI is InChI=1S/C31H38N8OS/c1-4-21-7-5-8-22-9-6-10-26(27(21)22)38-14-11-24-25(17-38)34-29(40-19-31(12-13-31)18-37(2)3)35-28(24)33-23-15-39(16-23)30-36-32-20-41-30/h5-10,20,23H,4,11-19H2,1-3H3,(H,33,34,35). The van der Waals surface area contributed by atoms with E-state index in [1.807, 2.05) is 0 Å². The molecule has 0 atom stereocenters. The highest BCUT2D eigenvalue weighted by molar-refractivity contribution is 7.13. The quantitative estimate of drug-likeness (QED) is 0.294. The third kappa shape index (κ3) is 5.30. The van der Waals surface area contributed by atoms with Crippen molar-refractivity contribution in [2.45, 2.75) is 45.2 Å². The maximum Gasteiger partial charge on any atom is 0.318 e. The van der Waals surface area contributed by atoms with Crippen LogP contribution >= 0.6 is 11.3 Å². The summed E-state index contributed by atoms with van der Waals surface area (Å²) in [5.41, 5.74) is 6.96. The zero-order chi connectivity index (χ0) is 28.0. The zero-order valence-corrected chi connectivity index (χ0v) is 25.0. The molecule has 4 aromatic rings. The highest BCUT2D eigenvalue weighted by atomic mass is 32.1. The van der Waals surface area contributed by atoms with E-state index >= 15 is 0 Å². The molecular formula is C31H38N8OS. The van der Waals surface area contributed by atoms with Crippen molar-refractivity contribution in [3.63, 3.8) is 0 Å². The average molecular weight is 571 g/mol. The van der Waals surface area contributed by atoms with Gasteiger partial charge in [0.25, 0.3) is 0 Å². The molecule has 2 fully saturated rings.